The minimum Gasteiger partial charge on any atom is -0.480 e. The zero-order valence-electron chi connectivity index (χ0n) is 14.4. The zero-order chi connectivity index (χ0) is 19.8. The maximum absolute atomic E-state index is 12.8. The van der Waals surface area contributed by atoms with Gasteiger partial charge in [-0.15, -0.1) is 0 Å². The molecule has 0 radical (unpaired) electrons. The molecule has 2 aliphatic rings. The van der Waals surface area contributed by atoms with E-state index >= 15 is 0 Å². The van der Waals surface area contributed by atoms with Crippen LogP contribution in [0.2, 0.25) is 0 Å². The topological polar surface area (TPSA) is 76.2 Å². The number of carbonyl (C=O) groups is 3. The summed E-state index contributed by atoms with van der Waals surface area (Å²) in [5.74, 6) is -1.53. The van der Waals surface area contributed by atoms with Crippen LogP contribution in [0.15, 0.2) is 24.3 Å². The lowest BCUT2D eigenvalue weighted by atomic mass is 10.1. The van der Waals surface area contributed by atoms with Crippen molar-refractivity contribution in [3.05, 3.63) is 29.8 Å². The first-order valence-electron chi connectivity index (χ1n) is 8.20. The van der Waals surface area contributed by atoms with Crippen LogP contribution in [0.4, 0.5) is 13.2 Å². The second-order valence-corrected chi connectivity index (χ2v) is 6.25. The predicted molar refractivity (Wildman–Crippen MR) is 84.6 cm³/mol. The number of amides is 2. The summed E-state index contributed by atoms with van der Waals surface area (Å²) in [6.45, 7) is 0.175. The summed E-state index contributed by atoms with van der Waals surface area (Å²) >= 11 is 0. The molecule has 2 saturated heterocycles. The van der Waals surface area contributed by atoms with E-state index in [0.717, 1.165) is 12.1 Å². The summed E-state index contributed by atoms with van der Waals surface area (Å²) in [5, 5.41) is 0. The van der Waals surface area contributed by atoms with Crippen LogP contribution in [0, 0.1) is 0 Å². The van der Waals surface area contributed by atoms with Crippen LogP contribution in [0.1, 0.15) is 12.0 Å². The number of alkyl halides is 3. The molecule has 1 aromatic carbocycles. The van der Waals surface area contributed by atoms with E-state index in [2.05, 4.69) is 4.74 Å². The van der Waals surface area contributed by atoms with Gasteiger partial charge in [0, 0.05) is 19.5 Å². The van der Waals surface area contributed by atoms with Crippen molar-refractivity contribution in [2.75, 3.05) is 26.7 Å². The Morgan fingerprint density at radius 3 is 2.63 bits per heavy atom. The monoisotopic (exact) mass is 386 g/mol. The van der Waals surface area contributed by atoms with Crippen molar-refractivity contribution in [1.29, 1.82) is 0 Å². The quantitative estimate of drug-likeness (QED) is 0.724. The number of carbonyl (C=O) groups excluding carboxylic acids is 3. The molecule has 0 aliphatic carbocycles. The normalized spacial score (nSPS) is 22.7. The van der Waals surface area contributed by atoms with E-state index in [1.807, 2.05) is 0 Å². The minimum atomic E-state index is -4.53. The van der Waals surface area contributed by atoms with Crippen molar-refractivity contribution >= 4 is 17.8 Å². The van der Waals surface area contributed by atoms with Crippen molar-refractivity contribution in [1.82, 2.24) is 9.80 Å². The molecule has 146 valence electrons. The van der Waals surface area contributed by atoms with Crippen molar-refractivity contribution in [3.63, 3.8) is 0 Å². The number of hydrogen-bond acceptors (Lipinski definition) is 5. The molecule has 27 heavy (non-hydrogen) atoms. The second-order valence-electron chi connectivity index (χ2n) is 6.25. The first kappa shape index (κ1) is 19.0. The third-order valence-corrected chi connectivity index (χ3v) is 4.57. The molecule has 7 nitrogen and oxygen atoms in total. The van der Waals surface area contributed by atoms with Crippen molar-refractivity contribution in [2.24, 2.45) is 0 Å². The summed E-state index contributed by atoms with van der Waals surface area (Å²) in [6.07, 6.45) is -5.58. The standard InChI is InChI=1S/C17H17F3N2O5/c1-26-14(23)9-21-5-6-22-12(15(21)24)8-13(16(22)25)27-11-4-2-3-10(7-11)17(18,19)20/h2-4,7,12-13H,5-6,8-9H2,1H3/t12-,13-/m0/s1. The van der Waals surface area contributed by atoms with Gasteiger partial charge < -0.3 is 19.3 Å². The molecule has 0 unspecified atom stereocenters. The fourth-order valence-corrected chi connectivity index (χ4v) is 3.20. The summed E-state index contributed by atoms with van der Waals surface area (Å²) < 4.78 is 48.4. The number of ether oxygens (including phenoxy) is 2. The molecule has 0 N–H and O–H groups in total. The van der Waals surface area contributed by atoms with Gasteiger partial charge in [-0.25, -0.2) is 0 Å². The highest BCUT2D eigenvalue weighted by atomic mass is 19.4. The zero-order valence-corrected chi connectivity index (χ0v) is 14.4. The van der Waals surface area contributed by atoms with Gasteiger partial charge in [0.15, 0.2) is 6.10 Å². The average molecular weight is 386 g/mol. The lowest BCUT2D eigenvalue weighted by molar-refractivity contribution is -0.153. The first-order chi connectivity index (χ1) is 12.7. The summed E-state index contributed by atoms with van der Waals surface area (Å²) in [4.78, 5) is 39.0. The molecule has 0 bridgehead atoms. The fourth-order valence-electron chi connectivity index (χ4n) is 3.20. The molecule has 2 atom stereocenters. The largest absolute Gasteiger partial charge is 0.480 e. The lowest BCUT2D eigenvalue weighted by Crippen LogP contribution is -2.56. The van der Waals surface area contributed by atoms with Crippen LogP contribution in [0.3, 0.4) is 0 Å². The molecular formula is C17H17F3N2O5. The van der Waals surface area contributed by atoms with Gasteiger partial charge in [0.25, 0.3) is 5.91 Å². The van der Waals surface area contributed by atoms with Gasteiger partial charge >= 0.3 is 12.1 Å². The van der Waals surface area contributed by atoms with E-state index in [-0.39, 0.29) is 31.8 Å². The van der Waals surface area contributed by atoms with Crippen molar-refractivity contribution in [3.8, 4) is 5.75 Å². The Hall–Kier alpha value is -2.78. The molecule has 0 aromatic heterocycles. The Morgan fingerprint density at radius 2 is 1.96 bits per heavy atom. The molecule has 0 saturated carbocycles. The Morgan fingerprint density at radius 1 is 1.22 bits per heavy atom. The molecule has 2 amide bonds. The number of benzene rings is 1. The van der Waals surface area contributed by atoms with Crippen LogP contribution >= 0.6 is 0 Å². The number of nitrogens with zero attached hydrogens (tertiary/aromatic N) is 2. The average Bonchev–Trinajstić information content (AvgIpc) is 2.93. The summed E-state index contributed by atoms with van der Waals surface area (Å²) in [5.41, 5.74) is -0.886. The molecular weight excluding hydrogens is 369 g/mol. The van der Waals surface area contributed by atoms with Gasteiger partial charge in [-0.3, -0.25) is 14.4 Å². The van der Waals surface area contributed by atoms with E-state index < -0.39 is 41.7 Å². The van der Waals surface area contributed by atoms with Gasteiger partial charge in [0.1, 0.15) is 18.3 Å². The molecule has 0 spiro atoms. The van der Waals surface area contributed by atoms with Gasteiger partial charge in [-0.05, 0) is 18.2 Å². The van der Waals surface area contributed by atoms with Crippen LogP contribution in [-0.2, 0) is 25.3 Å². The summed E-state index contributed by atoms with van der Waals surface area (Å²) in [7, 11) is 1.21. The Kier molecular flexibility index (Phi) is 4.99. The molecule has 1 aromatic rings. The lowest BCUT2D eigenvalue weighted by Gasteiger charge is -2.35. The highest BCUT2D eigenvalue weighted by Crippen LogP contribution is 2.33. The highest BCUT2D eigenvalue weighted by Gasteiger charge is 2.48. The van der Waals surface area contributed by atoms with Gasteiger partial charge in [-0.1, -0.05) is 6.07 Å². The van der Waals surface area contributed by atoms with E-state index in [4.69, 9.17) is 4.74 Å². The molecule has 2 fully saturated rings. The molecule has 2 aliphatic heterocycles. The Bertz CT molecular complexity index is 767. The first-order valence-corrected chi connectivity index (χ1v) is 8.20. The van der Waals surface area contributed by atoms with E-state index in [1.54, 1.807) is 0 Å². The number of rotatable bonds is 4. The van der Waals surface area contributed by atoms with Gasteiger partial charge in [0.2, 0.25) is 5.91 Å². The predicted octanol–water partition coefficient (Wildman–Crippen LogP) is 1.07. The summed E-state index contributed by atoms with van der Waals surface area (Å²) in [6, 6.07) is 3.43. The second kappa shape index (κ2) is 7.09. The van der Waals surface area contributed by atoms with Crippen molar-refractivity contribution in [2.45, 2.75) is 24.7 Å². The van der Waals surface area contributed by atoms with E-state index in [1.165, 1.54) is 29.0 Å². The van der Waals surface area contributed by atoms with Crippen LogP contribution in [-0.4, -0.2) is 66.5 Å². The van der Waals surface area contributed by atoms with Crippen molar-refractivity contribution < 1.29 is 37.0 Å². The van der Waals surface area contributed by atoms with Crippen LogP contribution < -0.4 is 4.74 Å². The SMILES string of the molecule is COC(=O)CN1CCN2C(=O)[C@@H](Oc3cccc(C(F)(F)F)c3)C[C@H]2C1=O. The highest BCUT2D eigenvalue weighted by molar-refractivity contribution is 5.95. The minimum absolute atomic E-state index is 0.00554. The number of hydrogen-bond donors (Lipinski definition) is 0. The number of methoxy groups -OCH3 is 1. The molecule has 3 rings (SSSR count). The van der Waals surface area contributed by atoms with Crippen LogP contribution in [0.5, 0.6) is 5.75 Å². The maximum atomic E-state index is 12.8. The van der Waals surface area contributed by atoms with Crippen LogP contribution in [0.25, 0.3) is 0 Å². The Balaban J connectivity index is 1.71. The van der Waals surface area contributed by atoms with E-state index in [0.29, 0.717) is 0 Å². The fraction of sp³-hybridized carbons (Fsp3) is 0.471. The maximum Gasteiger partial charge on any atom is 0.416 e. The number of fused-ring (bicyclic) bond motifs is 1. The van der Waals surface area contributed by atoms with E-state index in [9.17, 15) is 27.6 Å². The number of esters is 1. The van der Waals surface area contributed by atoms with Gasteiger partial charge in [0.05, 0.1) is 12.7 Å². The number of halogens is 3. The third-order valence-electron chi connectivity index (χ3n) is 4.57. The smallest absolute Gasteiger partial charge is 0.416 e. The Labute approximate surface area is 152 Å². The molecule has 2 heterocycles. The third kappa shape index (κ3) is 3.83. The van der Waals surface area contributed by atoms with Gasteiger partial charge in [-0.2, -0.15) is 13.2 Å². The number of piperazine rings is 1. The molecule has 10 heteroatoms.